The molecule has 18 heavy (non-hydrogen) atoms. The second-order valence-corrected chi connectivity index (χ2v) is 5.28. The van der Waals surface area contributed by atoms with E-state index < -0.39 is 0 Å². The first kappa shape index (κ1) is 11.7. The molecule has 0 amide bonds. The third kappa shape index (κ3) is 1.92. The van der Waals surface area contributed by atoms with Crippen LogP contribution in [0, 0.1) is 11.7 Å². The summed E-state index contributed by atoms with van der Waals surface area (Å²) < 4.78 is 19.0. The van der Waals surface area contributed by atoms with Crippen molar-refractivity contribution in [1.82, 2.24) is 10.6 Å². The van der Waals surface area contributed by atoms with E-state index in [1.54, 1.807) is 7.11 Å². The molecule has 0 radical (unpaired) electrons. The van der Waals surface area contributed by atoms with Crippen LogP contribution in [0.15, 0.2) is 12.1 Å². The van der Waals surface area contributed by atoms with Gasteiger partial charge in [-0.25, -0.2) is 4.39 Å². The third-order valence-corrected chi connectivity index (χ3v) is 4.08. The zero-order valence-corrected chi connectivity index (χ0v) is 10.9. The Morgan fingerprint density at radius 3 is 2.89 bits per heavy atom. The van der Waals surface area contributed by atoms with Gasteiger partial charge in [0.25, 0.3) is 0 Å². The predicted octanol–water partition coefficient (Wildman–Crippen LogP) is 1.40. The lowest BCUT2D eigenvalue weighted by molar-refractivity contribution is 0.410. The molecular formula is C13H15FN2OS. The summed E-state index contributed by atoms with van der Waals surface area (Å²) >= 11 is 5.07. The second kappa shape index (κ2) is 4.39. The van der Waals surface area contributed by atoms with Gasteiger partial charge in [-0.15, -0.1) is 0 Å². The van der Waals surface area contributed by atoms with Gasteiger partial charge in [0, 0.05) is 18.7 Å². The summed E-state index contributed by atoms with van der Waals surface area (Å²) in [5, 5.41) is 7.06. The number of hydrogen-bond acceptors (Lipinski definition) is 2. The molecule has 2 unspecified atom stereocenters. The number of halogens is 1. The molecule has 2 N–H and O–H groups in total. The minimum Gasteiger partial charge on any atom is -0.497 e. The van der Waals surface area contributed by atoms with Gasteiger partial charge in [0.05, 0.1) is 7.11 Å². The van der Waals surface area contributed by atoms with Crippen molar-refractivity contribution >= 4 is 17.3 Å². The second-order valence-electron chi connectivity index (χ2n) is 4.88. The molecule has 1 saturated heterocycles. The molecule has 1 aliphatic heterocycles. The van der Waals surface area contributed by atoms with E-state index in [4.69, 9.17) is 17.0 Å². The first-order valence-corrected chi connectivity index (χ1v) is 6.48. The largest absolute Gasteiger partial charge is 0.497 e. The van der Waals surface area contributed by atoms with Crippen molar-refractivity contribution in [3.05, 3.63) is 29.1 Å². The molecule has 1 heterocycles. The van der Waals surface area contributed by atoms with Crippen LogP contribution in [0.25, 0.3) is 0 Å². The van der Waals surface area contributed by atoms with E-state index in [0.29, 0.717) is 22.8 Å². The Morgan fingerprint density at radius 2 is 2.22 bits per heavy atom. The van der Waals surface area contributed by atoms with E-state index in [-0.39, 0.29) is 5.82 Å². The fraction of sp³-hybridized carbons (Fsp3) is 0.462. The highest BCUT2D eigenvalue weighted by Crippen LogP contribution is 2.34. The van der Waals surface area contributed by atoms with Crippen LogP contribution in [0.5, 0.6) is 5.75 Å². The number of ether oxygens (including phenoxy) is 1. The fourth-order valence-electron chi connectivity index (χ4n) is 2.85. The van der Waals surface area contributed by atoms with Gasteiger partial charge in [-0.05, 0) is 48.2 Å². The molecule has 5 heteroatoms. The molecule has 2 atom stereocenters. The third-order valence-electron chi connectivity index (χ3n) is 3.81. The topological polar surface area (TPSA) is 33.3 Å². The van der Waals surface area contributed by atoms with Crippen LogP contribution in [0.4, 0.5) is 4.39 Å². The molecule has 96 valence electrons. The lowest BCUT2D eigenvalue weighted by atomic mass is 9.97. The average Bonchev–Trinajstić information content (AvgIpc) is 2.94. The van der Waals surface area contributed by atoms with Crippen molar-refractivity contribution < 1.29 is 9.13 Å². The molecule has 3 rings (SSSR count). The van der Waals surface area contributed by atoms with E-state index in [1.165, 1.54) is 6.07 Å². The van der Waals surface area contributed by atoms with Crippen LogP contribution in [0.3, 0.4) is 0 Å². The van der Waals surface area contributed by atoms with Gasteiger partial charge in [-0.3, -0.25) is 0 Å². The number of fused-ring (bicyclic) bond motifs is 1. The Hall–Kier alpha value is -1.36. The quantitative estimate of drug-likeness (QED) is 0.793. The maximum Gasteiger partial charge on any atom is 0.166 e. The maximum absolute atomic E-state index is 13.9. The number of thiocarbonyl (C=S) groups is 1. The fourth-order valence-corrected chi connectivity index (χ4v) is 3.09. The minimum atomic E-state index is -0.152. The highest BCUT2D eigenvalue weighted by molar-refractivity contribution is 7.80. The Labute approximate surface area is 111 Å². The van der Waals surface area contributed by atoms with Crippen LogP contribution in [0.2, 0.25) is 0 Å². The van der Waals surface area contributed by atoms with Gasteiger partial charge >= 0.3 is 0 Å². The van der Waals surface area contributed by atoms with Crippen molar-refractivity contribution in [1.29, 1.82) is 0 Å². The Morgan fingerprint density at radius 1 is 1.39 bits per heavy atom. The van der Waals surface area contributed by atoms with E-state index in [9.17, 15) is 4.39 Å². The summed E-state index contributed by atoms with van der Waals surface area (Å²) in [6, 6.07) is 3.71. The van der Waals surface area contributed by atoms with Crippen molar-refractivity contribution in [2.24, 2.45) is 5.92 Å². The summed E-state index contributed by atoms with van der Waals surface area (Å²) in [6.45, 7) is 0.830. The van der Waals surface area contributed by atoms with E-state index >= 15 is 0 Å². The summed E-state index contributed by atoms with van der Waals surface area (Å²) in [7, 11) is 1.56. The van der Waals surface area contributed by atoms with Crippen LogP contribution in [-0.2, 0) is 12.8 Å². The number of nitrogens with one attached hydrogen (secondary N) is 2. The minimum absolute atomic E-state index is 0.152. The number of methoxy groups -OCH3 is 1. The van der Waals surface area contributed by atoms with Gasteiger partial charge in [0.2, 0.25) is 0 Å². The SMILES string of the molecule is COc1cc(F)c2c(c1)CC(C1CNC(=S)N1)C2. The zero-order valence-electron chi connectivity index (χ0n) is 10.1. The van der Waals surface area contributed by atoms with Crippen molar-refractivity contribution in [2.75, 3.05) is 13.7 Å². The smallest absolute Gasteiger partial charge is 0.166 e. The monoisotopic (exact) mass is 266 g/mol. The van der Waals surface area contributed by atoms with Crippen molar-refractivity contribution in [2.45, 2.75) is 18.9 Å². The highest BCUT2D eigenvalue weighted by atomic mass is 32.1. The summed E-state index contributed by atoms with van der Waals surface area (Å²) in [5.41, 5.74) is 1.90. The standard InChI is InChI=1S/C13H15FN2OS/c1-17-9-3-7-2-8(4-10(7)11(14)5-9)12-6-15-13(18)16-12/h3,5,8,12H,2,4,6H2,1H3,(H2,15,16,18). The number of hydrogen-bond donors (Lipinski definition) is 2. The lowest BCUT2D eigenvalue weighted by Crippen LogP contribution is -2.34. The van der Waals surface area contributed by atoms with E-state index in [1.807, 2.05) is 6.07 Å². The van der Waals surface area contributed by atoms with E-state index in [2.05, 4.69) is 10.6 Å². The first-order chi connectivity index (χ1) is 8.67. The van der Waals surface area contributed by atoms with Crippen molar-refractivity contribution in [3.8, 4) is 5.75 Å². The predicted molar refractivity (Wildman–Crippen MR) is 71.4 cm³/mol. The summed E-state index contributed by atoms with van der Waals surface area (Å²) in [4.78, 5) is 0. The lowest BCUT2D eigenvalue weighted by Gasteiger charge is -2.16. The molecule has 0 aromatic heterocycles. The van der Waals surface area contributed by atoms with Crippen molar-refractivity contribution in [3.63, 3.8) is 0 Å². The maximum atomic E-state index is 13.9. The van der Waals surface area contributed by atoms with Gasteiger partial charge in [0.15, 0.2) is 5.11 Å². The summed E-state index contributed by atoms with van der Waals surface area (Å²) in [5.74, 6) is 0.842. The Balaban J connectivity index is 1.82. The molecule has 0 saturated carbocycles. The van der Waals surface area contributed by atoms with Crippen LogP contribution >= 0.6 is 12.2 Å². The summed E-state index contributed by atoms with van der Waals surface area (Å²) in [6.07, 6.45) is 1.65. The zero-order chi connectivity index (χ0) is 12.7. The molecule has 0 spiro atoms. The van der Waals surface area contributed by atoms with Crippen LogP contribution < -0.4 is 15.4 Å². The van der Waals surface area contributed by atoms with Crippen LogP contribution in [0.1, 0.15) is 11.1 Å². The molecule has 1 aromatic carbocycles. The van der Waals surface area contributed by atoms with Gasteiger partial charge < -0.3 is 15.4 Å². The first-order valence-electron chi connectivity index (χ1n) is 6.07. The van der Waals surface area contributed by atoms with Gasteiger partial charge in [-0.1, -0.05) is 0 Å². The van der Waals surface area contributed by atoms with E-state index in [0.717, 1.165) is 30.5 Å². The molecule has 0 bridgehead atoms. The Kier molecular flexibility index (Phi) is 2.86. The average molecular weight is 266 g/mol. The molecule has 1 aliphatic carbocycles. The molecule has 2 aliphatic rings. The number of rotatable bonds is 2. The number of benzene rings is 1. The molecular weight excluding hydrogens is 251 g/mol. The van der Waals surface area contributed by atoms with Gasteiger partial charge in [-0.2, -0.15) is 0 Å². The Bertz CT molecular complexity index is 506. The van der Waals surface area contributed by atoms with Gasteiger partial charge in [0.1, 0.15) is 11.6 Å². The van der Waals surface area contributed by atoms with Crippen LogP contribution in [-0.4, -0.2) is 24.8 Å². The molecule has 3 nitrogen and oxygen atoms in total. The molecule has 1 fully saturated rings. The normalized spacial score (nSPS) is 25.6. The highest BCUT2D eigenvalue weighted by Gasteiger charge is 2.33. The molecule has 1 aromatic rings.